The van der Waals surface area contributed by atoms with Gasteiger partial charge in [0, 0.05) is 37.7 Å². The van der Waals surface area contributed by atoms with Gasteiger partial charge in [0.2, 0.25) is 23.6 Å². The number of hydrogen-bond acceptors (Lipinski definition) is 6. The Balaban J connectivity index is 4.27. The minimum Gasteiger partial charge on any atom is -0.356 e. The number of carbonyl (C=O) groups excluding carboxylic acids is 4. The van der Waals surface area contributed by atoms with E-state index in [4.69, 9.17) is 0 Å². The number of amides is 4. The first-order valence-corrected chi connectivity index (χ1v) is 9.01. The van der Waals surface area contributed by atoms with Gasteiger partial charge in [-0.05, 0) is 13.8 Å². The standard InChI is InChI=1S/C14H26N4O4S2/c1-3-15-11(19)9(7-23)13(21)17-5-6-18-14(22)10(8-24)12(20)16-4-2/h9-10,23-24H,3-8H2,1-2H3,(H,15,19)(H,16,20)(H,17,21)(H,18,22). The highest BCUT2D eigenvalue weighted by atomic mass is 32.1. The van der Waals surface area contributed by atoms with Crippen LogP contribution in [-0.2, 0) is 19.2 Å². The molecular formula is C14H26N4O4S2. The van der Waals surface area contributed by atoms with Crippen LogP contribution in [-0.4, -0.2) is 61.3 Å². The Morgan fingerprint density at radius 3 is 1.21 bits per heavy atom. The second-order valence-electron chi connectivity index (χ2n) is 4.84. The summed E-state index contributed by atoms with van der Waals surface area (Å²) in [7, 11) is 0. The molecule has 4 N–H and O–H groups in total. The molecule has 0 aliphatic heterocycles. The van der Waals surface area contributed by atoms with Crippen LogP contribution in [0.15, 0.2) is 0 Å². The van der Waals surface area contributed by atoms with Crippen molar-refractivity contribution >= 4 is 48.9 Å². The Morgan fingerprint density at radius 1 is 0.667 bits per heavy atom. The lowest BCUT2D eigenvalue weighted by molar-refractivity contribution is -0.136. The van der Waals surface area contributed by atoms with Crippen LogP contribution in [0.2, 0.25) is 0 Å². The SMILES string of the molecule is CCNC(=O)C(CS)C(=O)NCCNC(=O)C(CS)C(=O)NCC. The van der Waals surface area contributed by atoms with Crippen LogP contribution in [0.4, 0.5) is 0 Å². The lowest BCUT2D eigenvalue weighted by Crippen LogP contribution is -2.46. The van der Waals surface area contributed by atoms with E-state index in [1.165, 1.54) is 0 Å². The molecular weight excluding hydrogens is 352 g/mol. The summed E-state index contributed by atoms with van der Waals surface area (Å²) in [5.41, 5.74) is 0. The Labute approximate surface area is 153 Å². The van der Waals surface area contributed by atoms with Crippen LogP contribution >= 0.6 is 25.3 Å². The molecule has 0 fully saturated rings. The molecule has 0 aromatic carbocycles. The van der Waals surface area contributed by atoms with Gasteiger partial charge in [-0.15, -0.1) is 0 Å². The van der Waals surface area contributed by atoms with Gasteiger partial charge in [0.05, 0.1) is 0 Å². The van der Waals surface area contributed by atoms with Gasteiger partial charge in [0.15, 0.2) is 0 Å². The molecule has 0 radical (unpaired) electrons. The van der Waals surface area contributed by atoms with E-state index in [2.05, 4.69) is 46.5 Å². The van der Waals surface area contributed by atoms with Gasteiger partial charge in [-0.25, -0.2) is 0 Å². The first-order chi connectivity index (χ1) is 11.4. The second-order valence-corrected chi connectivity index (χ2v) is 5.57. The summed E-state index contributed by atoms with van der Waals surface area (Å²) in [6.07, 6.45) is 0. The average molecular weight is 379 g/mol. The zero-order valence-electron chi connectivity index (χ0n) is 13.9. The summed E-state index contributed by atoms with van der Waals surface area (Å²) < 4.78 is 0. The van der Waals surface area contributed by atoms with E-state index in [0.29, 0.717) is 13.1 Å². The summed E-state index contributed by atoms with van der Waals surface area (Å²) in [5.74, 6) is -3.29. The van der Waals surface area contributed by atoms with Crippen molar-refractivity contribution in [3.05, 3.63) is 0 Å². The lowest BCUT2D eigenvalue weighted by Gasteiger charge is -2.16. The molecule has 24 heavy (non-hydrogen) atoms. The molecule has 0 aromatic rings. The molecule has 0 heterocycles. The van der Waals surface area contributed by atoms with Crippen LogP contribution in [0.1, 0.15) is 13.8 Å². The van der Waals surface area contributed by atoms with E-state index in [9.17, 15) is 19.2 Å². The fraction of sp³-hybridized carbons (Fsp3) is 0.714. The highest BCUT2D eigenvalue weighted by Gasteiger charge is 2.25. The average Bonchev–Trinajstić information content (AvgIpc) is 2.53. The molecule has 10 heteroatoms. The second kappa shape index (κ2) is 12.9. The van der Waals surface area contributed by atoms with Crippen molar-refractivity contribution in [1.82, 2.24) is 21.3 Å². The minimum atomic E-state index is -0.885. The van der Waals surface area contributed by atoms with E-state index < -0.39 is 23.7 Å². The van der Waals surface area contributed by atoms with Crippen molar-refractivity contribution in [1.29, 1.82) is 0 Å². The Hall–Kier alpha value is -1.42. The molecule has 0 saturated heterocycles. The van der Waals surface area contributed by atoms with Gasteiger partial charge in [0.1, 0.15) is 11.8 Å². The highest BCUT2D eigenvalue weighted by Crippen LogP contribution is 2.01. The summed E-state index contributed by atoms with van der Waals surface area (Å²) in [4.78, 5) is 47.2. The van der Waals surface area contributed by atoms with Gasteiger partial charge in [0.25, 0.3) is 0 Å². The molecule has 4 amide bonds. The van der Waals surface area contributed by atoms with Gasteiger partial charge < -0.3 is 21.3 Å². The smallest absolute Gasteiger partial charge is 0.233 e. The van der Waals surface area contributed by atoms with Crippen LogP contribution in [0.25, 0.3) is 0 Å². The predicted octanol–water partition coefficient (Wildman–Crippen LogP) is -1.42. The molecule has 0 aromatic heterocycles. The van der Waals surface area contributed by atoms with Crippen LogP contribution < -0.4 is 21.3 Å². The molecule has 2 unspecified atom stereocenters. The van der Waals surface area contributed by atoms with Crippen LogP contribution in [0.5, 0.6) is 0 Å². The van der Waals surface area contributed by atoms with Gasteiger partial charge in [-0.2, -0.15) is 25.3 Å². The third kappa shape index (κ3) is 7.91. The summed E-state index contributed by atoms with van der Waals surface area (Å²) in [6.45, 7) is 4.65. The van der Waals surface area contributed by atoms with E-state index >= 15 is 0 Å². The predicted molar refractivity (Wildman–Crippen MR) is 98.1 cm³/mol. The summed E-state index contributed by atoms with van der Waals surface area (Å²) >= 11 is 8.00. The quantitative estimate of drug-likeness (QED) is 0.150. The maximum Gasteiger partial charge on any atom is 0.233 e. The van der Waals surface area contributed by atoms with Crippen molar-refractivity contribution in [3.8, 4) is 0 Å². The van der Waals surface area contributed by atoms with Crippen LogP contribution in [0, 0.1) is 11.8 Å². The normalized spacial score (nSPS) is 12.7. The monoisotopic (exact) mass is 378 g/mol. The topological polar surface area (TPSA) is 116 Å². The third-order valence-corrected chi connectivity index (χ3v) is 3.79. The number of rotatable bonds is 11. The number of thiol groups is 2. The molecule has 2 atom stereocenters. The maximum absolute atomic E-state index is 11.9. The molecule has 138 valence electrons. The molecule has 0 aliphatic carbocycles. The van der Waals surface area contributed by atoms with Gasteiger partial charge in [-0.3, -0.25) is 19.2 Å². The molecule has 0 saturated carbocycles. The van der Waals surface area contributed by atoms with Gasteiger partial charge >= 0.3 is 0 Å². The lowest BCUT2D eigenvalue weighted by atomic mass is 10.1. The first-order valence-electron chi connectivity index (χ1n) is 7.75. The van der Waals surface area contributed by atoms with Crippen molar-refractivity contribution in [2.24, 2.45) is 11.8 Å². The maximum atomic E-state index is 11.9. The van der Waals surface area contributed by atoms with Crippen molar-refractivity contribution < 1.29 is 19.2 Å². The van der Waals surface area contributed by atoms with E-state index in [1.54, 1.807) is 13.8 Å². The molecule has 0 bridgehead atoms. The summed E-state index contributed by atoms with van der Waals surface area (Å²) in [6, 6.07) is 0. The zero-order chi connectivity index (χ0) is 18.5. The van der Waals surface area contributed by atoms with Crippen molar-refractivity contribution in [2.45, 2.75) is 13.8 Å². The molecule has 0 spiro atoms. The molecule has 0 aliphatic rings. The summed E-state index contributed by atoms with van der Waals surface area (Å²) in [5, 5.41) is 10.2. The zero-order valence-corrected chi connectivity index (χ0v) is 15.7. The minimum absolute atomic E-state index is 0.0863. The Bertz CT molecular complexity index is 408. The third-order valence-electron chi connectivity index (χ3n) is 3.06. The Morgan fingerprint density at radius 2 is 0.958 bits per heavy atom. The largest absolute Gasteiger partial charge is 0.356 e. The van der Waals surface area contributed by atoms with E-state index in [1.807, 2.05) is 0 Å². The number of hydrogen-bond donors (Lipinski definition) is 6. The highest BCUT2D eigenvalue weighted by molar-refractivity contribution is 7.80. The van der Waals surface area contributed by atoms with E-state index in [-0.39, 0.29) is 36.4 Å². The van der Waals surface area contributed by atoms with Crippen molar-refractivity contribution in [2.75, 3.05) is 37.7 Å². The Kier molecular flexibility index (Phi) is 12.2. The molecule has 0 rings (SSSR count). The molecule has 8 nitrogen and oxygen atoms in total. The van der Waals surface area contributed by atoms with Gasteiger partial charge in [-0.1, -0.05) is 0 Å². The van der Waals surface area contributed by atoms with E-state index in [0.717, 1.165) is 0 Å². The van der Waals surface area contributed by atoms with Crippen molar-refractivity contribution in [3.63, 3.8) is 0 Å². The van der Waals surface area contributed by atoms with Crippen LogP contribution in [0.3, 0.4) is 0 Å². The number of nitrogens with one attached hydrogen (secondary N) is 4. The first kappa shape index (κ1) is 22.6. The fourth-order valence-electron chi connectivity index (χ4n) is 1.78. The fourth-order valence-corrected chi connectivity index (χ4v) is 2.45. The number of carbonyl (C=O) groups is 4.